The topological polar surface area (TPSA) is 102 Å². The number of carbonyl (C=O) groups excluding carboxylic acids is 1. The van der Waals surface area contributed by atoms with Crippen molar-refractivity contribution in [2.24, 2.45) is 5.73 Å². The third kappa shape index (κ3) is 1.66. The molecule has 1 fully saturated rings. The van der Waals surface area contributed by atoms with Crippen molar-refractivity contribution in [2.75, 3.05) is 0 Å². The fourth-order valence-corrected chi connectivity index (χ4v) is 0.785. The van der Waals surface area contributed by atoms with Gasteiger partial charge in [0, 0.05) is 0 Å². The minimum atomic E-state index is -1.04. The molecule has 0 saturated carbocycles. The summed E-state index contributed by atoms with van der Waals surface area (Å²) in [5.41, 5.74) is 7.27. The number of nitrogens with one attached hydrogen (secondary N) is 1. The molecule has 0 radical (unpaired) electrons. The second-order valence-electron chi connectivity index (χ2n) is 2.25. The van der Waals surface area contributed by atoms with Crippen LogP contribution in [0.3, 0.4) is 0 Å². The number of hydroxylamine groups is 1. The fourth-order valence-electron chi connectivity index (χ4n) is 0.785. The molecular weight excluding hydrogens is 152 g/mol. The monoisotopic (exact) mass is 160 g/mol. The van der Waals surface area contributed by atoms with Crippen LogP contribution in [0, 0.1) is 0 Å². The molecule has 1 aliphatic rings. The minimum Gasteiger partial charge on any atom is -0.481 e. The molecule has 0 aromatic rings. The third-order valence-corrected chi connectivity index (χ3v) is 1.39. The van der Waals surface area contributed by atoms with Gasteiger partial charge in [-0.15, -0.1) is 0 Å². The lowest BCUT2D eigenvalue weighted by Gasteiger charge is -2.06. The maximum Gasteiger partial charge on any atom is 0.306 e. The SMILES string of the molecule is NC1C(=O)NOC1CC(=O)O. The van der Waals surface area contributed by atoms with E-state index in [4.69, 9.17) is 10.8 Å². The highest BCUT2D eigenvalue weighted by Crippen LogP contribution is 2.07. The van der Waals surface area contributed by atoms with E-state index in [0.717, 1.165) is 0 Å². The largest absolute Gasteiger partial charge is 0.481 e. The Balaban J connectivity index is 2.48. The Hall–Kier alpha value is -1.14. The lowest BCUT2D eigenvalue weighted by Crippen LogP contribution is -2.37. The van der Waals surface area contributed by atoms with Gasteiger partial charge < -0.3 is 10.8 Å². The molecule has 0 aliphatic carbocycles. The van der Waals surface area contributed by atoms with E-state index in [-0.39, 0.29) is 6.42 Å². The minimum absolute atomic E-state index is 0.264. The van der Waals surface area contributed by atoms with Crippen LogP contribution in [-0.4, -0.2) is 29.1 Å². The zero-order chi connectivity index (χ0) is 8.43. The lowest BCUT2D eigenvalue weighted by atomic mass is 10.1. The Morgan fingerprint density at radius 2 is 2.45 bits per heavy atom. The van der Waals surface area contributed by atoms with E-state index in [1.807, 2.05) is 5.48 Å². The lowest BCUT2D eigenvalue weighted by molar-refractivity contribution is -0.140. The molecule has 0 spiro atoms. The molecule has 1 heterocycles. The van der Waals surface area contributed by atoms with Crippen LogP contribution in [0.4, 0.5) is 0 Å². The first-order valence-electron chi connectivity index (χ1n) is 3.04. The van der Waals surface area contributed by atoms with Crippen LogP contribution in [0.15, 0.2) is 0 Å². The Bertz CT molecular complexity index is 193. The maximum atomic E-state index is 10.6. The summed E-state index contributed by atoms with van der Waals surface area (Å²) in [5.74, 6) is -1.52. The fraction of sp³-hybridized carbons (Fsp3) is 0.600. The summed E-state index contributed by atoms with van der Waals surface area (Å²) in [7, 11) is 0. The van der Waals surface area contributed by atoms with Crippen molar-refractivity contribution in [1.29, 1.82) is 0 Å². The molecule has 6 heteroatoms. The number of carboxylic acids is 1. The predicted octanol–water partition coefficient (Wildman–Crippen LogP) is -1.78. The van der Waals surface area contributed by atoms with Gasteiger partial charge in [0.1, 0.15) is 12.1 Å². The van der Waals surface area contributed by atoms with Gasteiger partial charge in [-0.1, -0.05) is 0 Å². The van der Waals surface area contributed by atoms with Crippen molar-refractivity contribution < 1.29 is 19.5 Å². The van der Waals surface area contributed by atoms with Gasteiger partial charge in [-0.05, 0) is 0 Å². The van der Waals surface area contributed by atoms with Gasteiger partial charge in [-0.2, -0.15) is 0 Å². The number of rotatable bonds is 2. The van der Waals surface area contributed by atoms with E-state index >= 15 is 0 Å². The smallest absolute Gasteiger partial charge is 0.306 e. The zero-order valence-corrected chi connectivity index (χ0v) is 5.61. The van der Waals surface area contributed by atoms with Crippen LogP contribution < -0.4 is 11.2 Å². The van der Waals surface area contributed by atoms with Crippen LogP contribution in [0.25, 0.3) is 0 Å². The van der Waals surface area contributed by atoms with Crippen LogP contribution >= 0.6 is 0 Å². The van der Waals surface area contributed by atoms with Crippen LogP contribution in [0.5, 0.6) is 0 Å². The van der Waals surface area contributed by atoms with Crippen LogP contribution in [0.2, 0.25) is 0 Å². The molecule has 62 valence electrons. The molecular formula is C5H8N2O4. The Kier molecular flexibility index (Phi) is 2.06. The van der Waals surface area contributed by atoms with Gasteiger partial charge >= 0.3 is 5.97 Å². The molecule has 2 unspecified atom stereocenters. The molecule has 0 aromatic carbocycles. The second kappa shape index (κ2) is 2.85. The molecule has 1 rings (SSSR count). The first kappa shape index (κ1) is 7.96. The molecule has 1 aliphatic heterocycles. The maximum absolute atomic E-state index is 10.6. The summed E-state index contributed by atoms with van der Waals surface area (Å²) in [6.07, 6.45) is -1.01. The Morgan fingerprint density at radius 3 is 2.82 bits per heavy atom. The number of hydrogen-bond donors (Lipinski definition) is 3. The highest BCUT2D eigenvalue weighted by atomic mass is 16.7. The van der Waals surface area contributed by atoms with Gasteiger partial charge in [0.05, 0.1) is 6.42 Å². The summed E-state index contributed by atoms with van der Waals surface area (Å²) >= 11 is 0. The predicted molar refractivity (Wildman–Crippen MR) is 33.2 cm³/mol. The van der Waals surface area contributed by atoms with Gasteiger partial charge in [-0.25, -0.2) is 5.48 Å². The van der Waals surface area contributed by atoms with Gasteiger partial charge in [-0.3, -0.25) is 14.4 Å². The van der Waals surface area contributed by atoms with Gasteiger partial charge in [0.2, 0.25) is 0 Å². The van der Waals surface area contributed by atoms with Crippen molar-refractivity contribution in [3.05, 3.63) is 0 Å². The molecule has 0 aromatic heterocycles. The van der Waals surface area contributed by atoms with Crippen molar-refractivity contribution in [2.45, 2.75) is 18.6 Å². The average molecular weight is 160 g/mol. The summed E-state index contributed by atoms with van der Waals surface area (Å²) in [6, 6.07) is -0.869. The number of carbonyl (C=O) groups is 2. The van der Waals surface area contributed by atoms with E-state index in [1.54, 1.807) is 0 Å². The Labute approximate surface area is 62.3 Å². The normalized spacial score (nSPS) is 30.1. The number of hydrogen-bond acceptors (Lipinski definition) is 4. The van der Waals surface area contributed by atoms with E-state index < -0.39 is 24.0 Å². The molecule has 6 nitrogen and oxygen atoms in total. The number of aliphatic carboxylic acids is 1. The summed E-state index contributed by atoms with van der Waals surface area (Å²) < 4.78 is 0. The highest BCUT2D eigenvalue weighted by molar-refractivity contribution is 5.83. The van der Waals surface area contributed by atoms with E-state index in [9.17, 15) is 9.59 Å². The van der Waals surface area contributed by atoms with E-state index in [0.29, 0.717) is 0 Å². The van der Waals surface area contributed by atoms with Crippen molar-refractivity contribution >= 4 is 11.9 Å². The van der Waals surface area contributed by atoms with E-state index in [1.165, 1.54) is 0 Å². The second-order valence-corrected chi connectivity index (χ2v) is 2.25. The third-order valence-electron chi connectivity index (χ3n) is 1.39. The Morgan fingerprint density at radius 1 is 1.82 bits per heavy atom. The van der Waals surface area contributed by atoms with Crippen molar-refractivity contribution in [3.8, 4) is 0 Å². The van der Waals surface area contributed by atoms with Crippen molar-refractivity contribution in [3.63, 3.8) is 0 Å². The summed E-state index contributed by atoms with van der Waals surface area (Å²) in [6.45, 7) is 0. The summed E-state index contributed by atoms with van der Waals surface area (Å²) in [5, 5.41) is 8.30. The molecule has 11 heavy (non-hydrogen) atoms. The first-order chi connectivity index (χ1) is 5.11. The average Bonchev–Trinajstić information content (AvgIpc) is 2.18. The number of nitrogens with two attached hydrogens (primary N) is 1. The number of carboxylic acid groups (broad SMARTS) is 1. The van der Waals surface area contributed by atoms with Gasteiger partial charge in [0.25, 0.3) is 5.91 Å². The standard InChI is InChI=1S/C5H8N2O4/c6-4-2(1-3(8)9)11-7-5(4)10/h2,4H,1,6H2,(H,7,10)(H,8,9). The summed E-state index contributed by atoms with van der Waals surface area (Å²) in [4.78, 5) is 25.3. The zero-order valence-electron chi connectivity index (χ0n) is 5.61. The quantitative estimate of drug-likeness (QED) is 0.443. The molecule has 1 amide bonds. The van der Waals surface area contributed by atoms with Crippen LogP contribution in [0.1, 0.15) is 6.42 Å². The first-order valence-corrected chi connectivity index (χ1v) is 3.04. The molecule has 2 atom stereocenters. The molecule has 4 N–H and O–H groups in total. The number of amides is 1. The highest BCUT2D eigenvalue weighted by Gasteiger charge is 2.34. The van der Waals surface area contributed by atoms with Gasteiger partial charge in [0.15, 0.2) is 0 Å². The molecule has 0 bridgehead atoms. The molecule has 1 saturated heterocycles. The van der Waals surface area contributed by atoms with Crippen LogP contribution in [-0.2, 0) is 14.4 Å². The van der Waals surface area contributed by atoms with E-state index in [2.05, 4.69) is 4.84 Å². The van der Waals surface area contributed by atoms with Crippen molar-refractivity contribution in [1.82, 2.24) is 5.48 Å².